The molecule has 0 aliphatic heterocycles. The number of hydrogen-bond acceptors (Lipinski definition) is 2. The highest BCUT2D eigenvalue weighted by Gasteiger charge is 2.36. The first-order valence-corrected chi connectivity index (χ1v) is 6.61. The van der Waals surface area contributed by atoms with E-state index in [0.29, 0.717) is 27.9 Å². The van der Waals surface area contributed by atoms with Gasteiger partial charge in [0, 0.05) is 11.1 Å². The molecular weight excluding hydrogens is 289 g/mol. The lowest BCUT2D eigenvalue weighted by atomic mass is 10.1. The Labute approximate surface area is 116 Å². The molecule has 7 heteroatoms. The van der Waals surface area contributed by atoms with Crippen LogP contribution in [0, 0.1) is 0 Å². The fraction of sp³-hybridized carbons (Fsp3) is 0.154. The number of hydrogen-bond donors (Lipinski definition) is 1. The zero-order valence-electron chi connectivity index (χ0n) is 10.4. The maximum atomic E-state index is 13.0. The summed E-state index contributed by atoms with van der Waals surface area (Å²) in [5, 5.41) is 2.13. The summed E-state index contributed by atoms with van der Waals surface area (Å²) in [6.07, 6.45) is -1.10. The molecule has 0 radical (unpaired) electrons. The van der Waals surface area contributed by atoms with Gasteiger partial charge in [-0.05, 0) is 28.3 Å². The Kier molecular flexibility index (Phi) is 2.93. The number of pyridine rings is 1. The van der Waals surface area contributed by atoms with E-state index in [1.807, 2.05) is 0 Å². The van der Waals surface area contributed by atoms with Crippen molar-refractivity contribution in [2.45, 2.75) is 6.18 Å². The predicted molar refractivity (Wildman–Crippen MR) is 69.3 cm³/mol. The molecule has 0 spiro atoms. The number of halogens is 3. The van der Waals surface area contributed by atoms with Crippen molar-refractivity contribution >= 4 is 22.4 Å². The van der Waals surface area contributed by atoms with Crippen LogP contribution in [0.15, 0.2) is 36.0 Å². The van der Waals surface area contributed by atoms with Crippen molar-refractivity contribution in [2.24, 2.45) is 0 Å². The van der Waals surface area contributed by atoms with E-state index in [1.165, 1.54) is 23.3 Å². The summed E-state index contributed by atoms with van der Waals surface area (Å²) in [6.45, 7) is 0. The van der Waals surface area contributed by atoms with Gasteiger partial charge in [-0.3, -0.25) is 0 Å². The van der Waals surface area contributed by atoms with Crippen LogP contribution in [0.2, 0.25) is 0 Å². The Balaban J connectivity index is 2.24. The van der Waals surface area contributed by atoms with Crippen molar-refractivity contribution in [3.8, 4) is 11.1 Å². The summed E-state index contributed by atoms with van der Waals surface area (Å²) in [5.74, 6) is 0. The van der Waals surface area contributed by atoms with E-state index in [0.717, 1.165) is 0 Å². The second-order valence-corrected chi connectivity index (χ2v) is 5.06. The molecule has 0 unspecified atom stereocenters. The topological polar surface area (TPSA) is 28.9 Å². The Bertz CT molecular complexity index is 760. The molecule has 3 rings (SSSR count). The number of aromatic nitrogens is 2. The van der Waals surface area contributed by atoms with Crippen LogP contribution in [0.1, 0.15) is 4.88 Å². The second kappa shape index (κ2) is 4.52. The first-order valence-electron chi connectivity index (χ1n) is 5.73. The molecule has 1 N–H and O–H groups in total. The van der Waals surface area contributed by atoms with E-state index in [2.05, 4.69) is 4.98 Å². The Morgan fingerprint density at radius 3 is 2.75 bits per heavy atom. The number of aromatic amines is 1. The van der Waals surface area contributed by atoms with Gasteiger partial charge in [-0.1, -0.05) is 0 Å². The predicted octanol–water partition coefficient (Wildman–Crippen LogP) is 3.26. The minimum Gasteiger partial charge on any atom is -0.339 e. The van der Waals surface area contributed by atoms with Crippen molar-refractivity contribution < 1.29 is 22.7 Å². The zero-order chi connectivity index (χ0) is 14.3. The fourth-order valence-corrected chi connectivity index (χ4v) is 2.96. The summed E-state index contributed by atoms with van der Waals surface area (Å²) in [5.41, 5.74) is 1.31. The highest BCUT2D eigenvalue weighted by Crippen LogP contribution is 2.42. The minimum absolute atomic E-state index is 0.183. The second-order valence-electron chi connectivity index (χ2n) is 4.14. The van der Waals surface area contributed by atoms with Crippen LogP contribution >= 0.6 is 11.3 Å². The van der Waals surface area contributed by atoms with Crippen LogP contribution in [0.4, 0.5) is 13.2 Å². The van der Waals surface area contributed by atoms with E-state index in [9.17, 15) is 13.2 Å². The number of rotatable bonds is 2. The standard InChI is InChI=1S/C13H9F3N2OS/c1-19-18-5-2-3-9-10(7-17-12(9)18)8-4-6-20-11(8)13(14,15)16/h2-7H,1H3/p+1. The van der Waals surface area contributed by atoms with Crippen molar-refractivity contribution in [3.05, 3.63) is 40.8 Å². The highest BCUT2D eigenvalue weighted by atomic mass is 32.1. The third-order valence-corrected chi connectivity index (χ3v) is 3.97. The van der Waals surface area contributed by atoms with E-state index >= 15 is 0 Å². The first-order chi connectivity index (χ1) is 9.52. The summed E-state index contributed by atoms with van der Waals surface area (Å²) in [7, 11) is 1.49. The van der Waals surface area contributed by atoms with E-state index in [1.54, 1.807) is 24.5 Å². The van der Waals surface area contributed by atoms with Gasteiger partial charge in [0.15, 0.2) is 0 Å². The van der Waals surface area contributed by atoms with Gasteiger partial charge in [-0.15, -0.1) is 11.3 Å². The van der Waals surface area contributed by atoms with Crippen LogP contribution in [0.3, 0.4) is 0 Å². The quantitative estimate of drug-likeness (QED) is 0.723. The van der Waals surface area contributed by atoms with Crippen LogP contribution in [-0.4, -0.2) is 12.1 Å². The third-order valence-electron chi connectivity index (χ3n) is 3.01. The van der Waals surface area contributed by atoms with E-state index in [-0.39, 0.29) is 5.56 Å². The lowest BCUT2D eigenvalue weighted by Crippen LogP contribution is -2.40. The average molecular weight is 299 g/mol. The van der Waals surface area contributed by atoms with E-state index < -0.39 is 11.1 Å². The summed E-state index contributed by atoms with van der Waals surface area (Å²) in [4.78, 5) is 7.48. The molecule has 0 fully saturated rings. The SMILES string of the molecule is CO[n+]1cccc2c(-c3ccsc3C(F)(F)F)c[nH]c21. The van der Waals surface area contributed by atoms with Crippen molar-refractivity contribution in [3.63, 3.8) is 0 Å². The Morgan fingerprint density at radius 2 is 2.05 bits per heavy atom. The molecule has 20 heavy (non-hydrogen) atoms. The number of thiophene rings is 1. The number of H-pyrrole nitrogens is 1. The van der Waals surface area contributed by atoms with Gasteiger partial charge >= 0.3 is 11.8 Å². The molecule has 0 bridgehead atoms. The molecule has 104 valence electrons. The average Bonchev–Trinajstić information content (AvgIpc) is 3.02. The lowest BCUT2D eigenvalue weighted by molar-refractivity contribution is -0.866. The zero-order valence-corrected chi connectivity index (χ0v) is 11.2. The minimum atomic E-state index is -4.35. The van der Waals surface area contributed by atoms with Crippen molar-refractivity contribution in [1.82, 2.24) is 4.98 Å². The molecule has 0 aliphatic rings. The van der Waals surface area contributed by atoms with Gasteiger partial charge in [0.1, 0.15) is 18.2 Å². The summed E-state index contributed by atoms with van der Waals surface area (Å²) >= 11 is 0.696. The van der Waals surface area contributed by atoms with Crippen LogP contribution in [0.25, 0.3) is 22.2 Å². The van der Waals surface area contributed by atoms with Crippen LogP contribution < -0.4 is 9.57 Å². The number of nitrogens with zero attached hydrogens (tertiary/aromatic N) is 1. The number of nitrogens with one attached hydrogen (secondary N) is 1. The number of fused-ring (bicyclic) bond motifs is 1. The van der Waals surface area contributed by atoms with Crippen LogP contribution in [-0.2, 0) is 6.18 Å². The third kappa shape index (κ3) is 1.94. The molecule has 0 saturated carbocycles. The molecule has 0 saturated heterocycles. The van der Waals surface area contributed by atoms with Crippen LogP contribution in [0.5, 0.6) is 0 Å². The summed E-state index contributed by atoms with van der Waals surface area (Å²) < 4.78 is 40.4. The lowest BCUT2D eigenvalue weighted by Gasteiger charge is -2.06. The molecule has 0 aliphatic carbocycles. The van der Waals surface area contributed by atoms with Gasteiger partial charge in [0.2, 0.25) is 0 Å². The van der Waals surface area contributed by atoms with Gasteiger partial charge in [0.05, 0.1) is 11.6 Å². The largest absolute Gasteiger partial charge is 0.426 e. The Hall–Kier alpha value is -2.02. The molecule has 3 aromatic rings. The molecule has 0 amide bonds. The Morgan fingerprint density at radius 1 is 1.25 bits per heavy atom. The molecule has 3 nitrogen and oxygen atoms in total. The molecule has 0 aromatic carbocycles. The van der Waals surface area contributed by atoms with Gasteiger partial charge in [-0.2, -0.15) is 13.2 Å². The van der Waals surface area contributed by atoms with Crippen molar-refractivity contribution in [1.29, 1.82) is 0 Å². The molecule has 0 atom stereocenters. The van der Waals surface area contributed by atoms with Gasteiger partial charge in [-0.25, -0.2) is 4.98 Å². The normalized spacial score (nSPS) is 12.0. The maximum absolute atomic E-state index is 13.0. The molecule has 3 aromatic heterocycles. The monoisotopic (exact) mass is 299 g/mol. The number of alkyl halides is 3. The van der Waals surface area contributed by atoms with Gasteiger partial charge in [0.25, 0.3) is 0 Å². The van der Waals surface area contributed by atoms with Crippen molar-refractivity contribution in [2.75, 3.05) is 7.11 Å². The first kappa shape index (κ1) is 13.0. The molecular formula is C13H10F3N2OS+. The smallest absolute Gasteiger partial charge is 0.339 e. The van der Waals surface area contributed by atoms with E-state index in [4.69, 9.17) is 4.84 Å². The summed E-state index contributed by atoms with van der Waals surface area (Å²) in [6, 6.07) is 4.97. The molecule has 3 heterocycles. The fourth-order valence-electron chi connectivity index (χ4n) is 2.18. The highest BCUT2D eigenvalue weighted by molar-refractivity contribution is 7.10. The maximum Gasteiger partial charge on any atom is 0.426 e. The van der Waals surface area contributed by atoms with Gasteiger partial charge < -0.3 is 4.84 Å².